The molecule has 27 heavy (non-hydrogen) atoms. The standard InChI is InChI=1S/C19H15BrCl2N2O3/c20-7-14-11(8-21)5-6-16(15(14)9-22)23-17(25)10-24-18(26)12-3-1-2-4-13(12)19(24)27/h1-6H,7-10H2,(H,23,25). The van der Waals surface area contributed by atoms with Crippen LogP contribution in [0.25, 0.3) is 0 Å². The van der Waals surface area contributed by atoms with E-state index in [4.69, 9.17) is 23.2 Å². The number of nitrogens with one attached hydrogen (secondary N) is 1. The second kappa shape index (κ2) is 8.42. The predicted octanol–water partition coefficient (Wildman–Crippen LogP) is 4.29. The van der Waals surface area contributed by atoms with Crippen molar-refractivity contribution in [3.8, 4) is 0 Å². The third kappa shape index (κ3) is 3.74. The number of carbonyl (C=O) groups excluding carboxylic acids is 3. The molecule has 0 saturated heterocycles. The number of halogens is 3. The van der Waals surface area contributed by atoms with Crippen molar-refractivity contribution in [1.29, 1.82) is 0 Å². The van der Waals surface area contributed by atoms with E-state index in [1.807, 2.05) is 6.07 Å². The molecular formula is C19H15BrCl2N2O3. The van der Waals surface area contributed by atoms with Gasteiger partial charge in [0.1, 0.15) is 6.54 Å². The molecule has 1 N–H and O–H groups in total. The van der Waals surface area contributed by atoms with Crippen molar-refractivity contribution in [3.05, 3.63) is 64.2 Å². The molecular weight excluding hydrogens is 455 g/mol. The summed E-state index contributed by atoms with van der Waals surface area (Å²) in [5, 5.41) is 3.29. The molecule has 0 fully saturated rings. The van der Waals surface area contributed by atoms with Crippen LogP contribution in [0, 0.1) is 0 Å². The van der Waals surface area contributed by atoms with Gasteiger partial charge in [-0.15, -0.1) is 23.2 Å². The smallest absolute Gasteiger partial charge is 0.262 e. The van der Waals surface area contributed by atoms with Crippen LogP contribution in [0.2, 0.25) is 0 Å². The number of anilines is 1. The Bertz CT molecular complexity index is 898. The molecule has 3 rings (SSSR count). The van der Waals surface area contributed by atoms with Crippen LogP contribution in [0.1, 0.15) is 37.4 Å². The number of benzene rings is 2. The van der Waals surface area contributed by atoms with Gasteiger partial charge in [-0.25, -0.2) is 0 Å². The first-order chi connectivity index (χ1) is 13.0. The van der Waals surface area contributed by atoms with Gasteiger partial charge in [-0.2, -0.15) is 0 Å². The zero-order chi connectivity index (χ0) is 19.6. The molecule has 0 aliphatic carbocycles. The maximum Gasteiger partial charge on any atom is 0.262 e. The fourth-order valence-corrected chi connectivity index (χ4v) is 4.27. The summed E-state index contributed by atoms with van der Waals surface area (Å²) in [6.07, 6.45) is 0. The fraction of sp³-hybridized carbons (Fsp3) is 0.211. The van der Waals surface area contributed by atoms with Gasteiger partial charge in [0.15, 0.2) is 0 Å². The van der Waals surface area contributed by atoms with Crippen LogP contribution < -0.4 is 5.32 Å². The minimum absolute atomic E-state index is 0.189. The normalized spacial score (nSPS) is 13.1. The van der Waals surface area contributed by atoms with Gasteiger partial charge < -0.3 is 5.32 Å². The van der Waals surface area contributed by atoms with Crippen LogP contribution in [0.15, 0.2) is 36.4 Å². The first kappa shape index (κ1) is 19.9. The minimum atomic E-state index is -0.477. The zero-order valence-corrected chi connectivity index (χ0v) is 17.2. The van der Waals surface area contributed by atoms with Crippen molar-refractivity contribution in [3.63, 3.8) is 0 Å². The van der Waals surface area contributed by atoms with E-state index in [0.29, 0.717) is 28.0 Å². The van der Waals surface area contributed by atoms with E-state index in [-0.39, 0.29) is 12.4 Å². The van der Waals surface area contributed by atoms with Crippen LogP contribution in [0.3, 0.4) is 0 Å². The van der Waals surface area contributed by atoms with Gasteiger partial charge in [0.05, 0.1) is 11.1 Å². The number of fused-ring (bicyclic) bond motifs is 1. The van der Waals surface area contributed by atoms with Crippen LogP contribution >= 0.6 is 39.1 Å². The molecule has 2 aromatic rings. The Morgan fingerprint density at radius 1 is 0.963 bits per heavy atom. The van der Waals surface area contributed by atoms with Crippen molar-refractivity contribution in [2.24, 2.45) is 0 Å². The molecule has 5 nitrogen and oxygen atoms in total. The van der Waals surface area contributed by atoms with Gasteiger partial charge in [0.2, 0.25) is 5.91 Å². The van der Waals surface area contributed by atoms with E-state index >= 15 is 0 Å². The summed E-state index contributed by atoms with van der Waals surface area (Å²) in [6.45, 7) is -0.366. The number of nitrogens with zero attached hydrogens (tertiary/aromatic N) is 1. The Kier molecular flexibility index (Phi) is 6.19. The van der Waals surface area contributed by atoms with E-state index in [0.717, 1.165) is 21.6 Å². The SMILES string of the molecule is O=C(CN1C(=O)c2ccccc2C1=O)Nc1ccc(CCl)c(CBr)c1CCl. The Morgan fingerprint density at radius 3 is 2.11 bits per heavy atom. The molecule has 0 saturated carbocycles. The van der Waals surface area contributed by atoms with Crippen LogP contribution in [0.5, 0.6) is 0 Å². The summed E-state index contributed by atoms with van der Waals surface area (Å²) >= 11 is 15.4. The second-order valence-corrected chi connectivity index (χ2v) is 7.02. The van der Waals surface area contributed by atoms with Gasteiger partial charge in [0, 0.05) is 22.8 Å². The summed E-state index contributed by atoms with van der Waals surface area (Å²) in [5.41, 5.74) is 3.74. The molecule has 0 unspecified atom stereocenters. The van der Waals surface area contributed by atoms with Crippen LogP contribution in [-0.4, -0.2) is 29.2 Å². The molecule has 1 aliphatic rings. The monoisotopic (exact) mass is 468 g/mol. The van der Waals surface area contributed by atoms with Crippen molar-refractivity contribution in [2.45, 2.75) is 17.1 Å². The van der Waals surface area contributed by atoms with Crippen LogP contribution in [-0.2, 0) is 21.9 Å². The van der Waals surface area contributed by atoms with Crippen molar-refractivity contribution in [1.82, 2.24) is 4.90 Å². The molecule has 2 aromatic carbocycles. The number of amides is 3. The number of rotatable bonds is 6. The lowest BCUT2D eigenvalue weighted by Crippen LogP contribution is -2.37. The average Bonchev–Trinajstić information content (AvgIpc) is 2.92. The van der Waals surface area contributed by atoms with Gasteiger partial charge in [-0.1, -0.05) is 34.1 Å². The summed E-state index contributed by atoms with van der Waals surface area (Å²) in [7, 11) is 0. The van der Waals surface area contributed by atoms with E-state index in [9.17, 15) is 14.4 Å². The number of hydrogen-bond donors (Lipinski definition) is 1. The van der Waals surface area contributed by atoms with Crippen LogP contribution in [0.4, 0.5) is 5.69 Å². The first-order valence-corrected chi connectivity index (χ1v) is 10.3. The fourth-order valence-electron chi connectivity index (χ4n) is 3.02. The lowest BCUT2D eigenvalue weighted by molar-refractivity contribution is -0.116. The molecule has 3 amide bonds. The van der Waals surface area contributed by atoms with Gasteiger partial charge in [-0.3, -0.25) is 19.3 Å². The Hall–Kier alpha value is -1.89. The van der Waals surface area contributed by atoms with E-state index in [1.165, 1.54) is 0 Å². The largest absolute Gasteiger partial charge is 0.324 e. The van der Waals surface area contributed by atoms with E-state index in [2.05, 4.69) is 21.2 Å². The van der Waals surface area contributed by atoms with Crippen molar-refractivity contribution in [2.75, 3.05) is 11.9 Å². The predicted molar refractivity (Wildman–Crippen MR) is 109 cm³/mol. The quantitative estimate of drug-likeness (QED) is 0.506. The number of carbonyl (C=O) groups is 3. The molecule has 140 valence electrons. The molecule has 0 atom stereocenters. The Balaban J connectivity index is 1.80. The zero-order valence-electron chi connectivity index (χ0n) is 14.1. The summed E-state index contributed by atoms with van der Waals surface area (Å²) in [6, 6.07) is 10.1. The third-order valence-corrected chi connectivity index (χ3v) is 5.51. The molecule has 1 heterocycles. The molecule has 8 heteroatoms. The number of imide groups is 1. The molecule has 1 aliphatic heterocycles. The molecule has 0 aromatic heterocycles. The van der Waals surface area contributed by atoms with Gasteiger partial charge >= 0.3 is 0 Å². The highest BCUT2D eigenvalue weighted by molar-refractivity contribution is 9.08. The Labute approximate surface area is 174 Å². The highest BCUT2D eigenvalue weighted by Gasteiger charge is 2.36. The molecule has 0 spiro atoms. The van der Waals surface area contributed by atoms with Crippen molar-refractivity contribution < 1.29 is 14.4 Å². The van der Waals surface area contributed by atoms with E-state index in [1.54, 1.807) is 30.3 Å². The van der Waals surface area contributed by atoms with Crippen molar-refractivity contribution >= 4 is 62.5 Å². The second-order valence-electron chi connectivity index (χ2n) is 5.92. The van der Waals surface area contributed by atoms with Gasteiger partial charge in [-0.05, 0) is 34.9 Å². The first-order valence-electron chi connectivity index (χ1n) is 8.08. The summed E-state index contributed by atoms with van der Waals surface area (Å²) < 4.78 is 0. The average molecular weight is 470 g/mol. The Morgan fingerprint density at radius 2 is 1.59 bits per heavy atom. The lowest BCUT2D eigenvalue weighted by atomic mass is 10.0. The molecule has 0 bridgehead atoms. The minimum Gasteiger partial charge on any atom is -0.324 e. The lowest BCUT2D eigenvalue weighted by Gasteiger charge is -2.18. The van der Waals surface area contributed by atoms with E-state index < -0.39 is 17.7 Å². The summed E-state index contributed by atoms with van der Waals surface area (Å²) in [4.78, 5) is 38.2. The van der Waals surface area contributed by atoms with Gasteiger partial charge in [0.25, 0.3) is 11.8 Å². The summed E-state index contributed by atoms with van der Waals surface area (Å²) in [5.74, 6) is -0.901. The third-order valence-electron chi connectivity index (χ3n) is 4.39. The maximum absolute atomic E-state index is 12.5. The topological polar surface area (TPSA) is 66.5 Å². The highest BCUT2D eigenvalue weighted by Crippen LogP contribution is 2.29. The number of hydrogen-bond acceptors (Lipinski definition) is 3. The molecule has 0 radical (unpaired) electrons. The maximum atomic E-state index is 12.5. The number of alkyl halides is 3. The highest BCUT2D eigenvalue weighted by atomic mass is 79.9.